The van der Waals surface area contributed by atoms with E-state index < -0.39 is 0 Å². The Labute approximate surface area is 103 Å². The van der Waals surface area contributed by atoms with Crippen LogP contribution in [-0.4, -0.2) is 48.5 Å². The molecule has 1 heterocycles. The molecule has 0 radical (unpaired) electrons. The molecule has 1 aliphatic rings. The number of hydrogen-bond acceptors (Lipinski definition) is 4. The Kier molecular flexibility index (Phi) is 6.73. The molecule has 1 aliphatic heterocycles. The molecule has 16 heavy (non-hydrogen) atoms. The minimum atomic E-state index is 0.299. The molecular formula is C12H25NO2S. The molecule has 2 N–H and O–H groups in total. The van der Waals surface area contributed by atoms with E-state index in [4.69, 9.17) is 9.84 Å². The SMILES string of the molecule is CSC1(CNC(C)CCCO)CCOCC1. The highest BCUT2D eigenvalue weighted by Crippen LogP contribution is 2.33. The van der Waals surface area contributed by atoms with Gasteiger partial charge in [-0.05, 0) is 38.9 Å². The van der Waals surface area contributed by atoms with Crippen LogP contribution in [0.5, 0.6) is 0 Å². The Bertz CT molecular complexity index is 184. The first-order chi connectivity index (χ1) is 7.72. The van der Waals surface area contributed by atoms with Crippen molar-refractivity contribution in [3.05, 3.63) is 0 Å². The van der Waals surface area contributed by atoms with Crippen LogP contribution in [0.25, 0.3) is 0 Å². The second kappa shape index (κ2) is 7.54. The molecule has 0 saturated carbocycles. The number of thioether (sulfide) groups is 1. The van der Waals surface area contributed by atoms with E-state index in [1.165, 1.54) is 0 Å². The maximum atomic E-state index is 8.78. The van der Waals surface area contributed by atoms with Gasteiger partial charge >= 0.3 is 0 Å². The fraction of sp³-hybridized carbons (Fsp3) is 1.00. The van der Waals surface area contributed by atoms with Crippen LogP contribution >= 0.6 is 11.8 Å². The van der Waals surface area contributed by atoms with E-state index in [0.29, 0.717) is 17.4 Å². The number of aliphatic hydroxyl groups is 1. The first-order valence-corrected chi connectivity index (χ1v) is 7.42. The van der Waals surface area contributed by atoms with Gasteiger partial charge in [0.1, 0.15) is 0 Å². The largest absolute Gasteiger partial charge is 0.396 e. The van der Waals surface area contributed by atoms with Crippen LogP contribution in [-0.2, 0) is 4.74 Å². The molecule has 4 heteroatoms. The van der Waals surface area contributed by atoms with Gasteiger partial charge in [-0.1, -0.05) is 0 Å². The molecule has 1 unspecified atom stereocenters. The van der Waals surface area contributed by atoms with Gasteiger partial charge in [-0.3, -0.25) is 0 Å². The van der Waals surface area contributed by atoms with Crippen molar-refractivity contribution in [2.45, 2.75) is 43.4 Å². The number of hydrogen-bond donors (Lipinski definition) is 2. The number of rotatable bonds is 7. The molecule has 0 aromatic rings. The quantitative estimate of drug-likeness (QED) is 0.718. The Balaban J connectivity index is 2.27. The molecular weight excluding hydrogens is 222 g/mol. The lowest BCUT2D eigenvalue weighted by molar-refractivity contribution is 0.0765. The fourth-order valence-corrected chi connectivity index (χ4v) is 2.86. The van der Waals surface area contributed by atoms with Crippen molar-refractivity contribution in [2.24, 2.45) is 0 Å². The second-order valence-electron chi connectivity index (χ2n) is 4.65. The van der Waals surface area contributed by atoms with Crippen LogP contribution in [0.15, 0.2) is 0 Å². The van der Waals surface area contributed by atoms with Gasteiger partial charge in [-0.25, -0.2) is 0 Å². The Hall–Kier alpha value is 0.230. The Morgan fingerprint density at radius 2 is 2.12 bits per heavy atom. The monoisotopic (exact) mass is 247 g/mol. The minimum absolute atomic E-state index is 0.299. The Morgan fingerprint density at radius 1 is 1.44 bits per heavy atom. The van der Waals surface area contributed by atoms with Crippen molar-refractivity contribution in [3.63, 3.8) is 0 Å². The Morgan fingerprint density at radius 3 is 2.69 bits per heavy atom. The summed E-state index contributed by atoms with van der Waals surface area (Å²) in [6, 6.07) is 0.499. The lowest BCUT2D eigenvalue weighted by Gasteiger charge is -2.36. The first kappa shape index (κ1) is 14.3. The average molecular weight is 247 g/mol. The average Bonchev–Trinajstić information content (AvgIpc) is 2.35. The highest BCUT2D eigenvalue weighted by molar-refractivity contribution is 8.00. The summed E-state index contributed by atoms with van der Waals surface area (Å²) in [5.74, 6) is 0. The minimum Gasteiger partial charge on any atom is -0.396 e. The molecule has 96 valence electrons. The van der Waals surface area contributed by atoms with Crippen molar-refractivity contribution in [1.82, 2.24) is 5.32 Å². The second-order valence-corrected chi connectivity index (χ2v) is 5.92. The van der Waals surface area contributed by atoms with E-state index in [0.717, 1.165) is 45.4 Å². The number of nitrogens with one attached hydrogen (secondary N) is 1. The van der Waals surface area contributed by atoms with E-state index in [9.17, 15) is 0 Å². The zero-order chi connectivity index (χ0) is 11.9. The van der Waals surface area contributed by atoms with Crippen LogP contribution in [0, 0.1) is 0 Å². The molecule has 0 spiro atoms. The van der Waals surface area contributed by atoms with Crippen LogP contribution < -0.4 is 5.32 Å². The third-order valence-corrected chi connectivity index (χ3v) is 4.82. The summed E-state index contributed by atoms with van der Waals surface area (Å²) in [6.45, 7) is 5.35. The molecule has 0 bridgehead atoms. The molecule has 0 aromatic heterocycles. The third kappa shape index (κ3) is 4.62. The van der Waals surface area contributed by atoms with Crippen molar-refractivity contribution in [1.29, 1.82) is 0 Å². The van der Waals surface area contributed by atoms with Crippen molar-refractivity contribution in [3.8, 4) is 0 Å². The van der Waals surface area contributed by atoms with E-state index in [1.54, 1.807) is 0 Å². The van der Waals surface area contributed by atoms with E-state index in [2.05, 4.69) is 18.5 Å². The molecule has 1 atom stereocenters. The van der Waals surface area contributed by atoms with Gasteiger partial charge < -0.3 is 15.2 Å². The summed E-state index contributed by atoms with van der Waals surface area (Å²) in [6.07, 6.45) is 6.44. The summed E-state index contributed by atoms with van der Waals surface area (Å²) < 4.78 is 5.79. The number of aliphatic hydroxyl groups excluding tert-OH is 1. The summed E-state index contributed by atoms with van der Waals surface area (Å²) in [5.41, 5.74) is 0. The summed E-state index contributed by atoms with van der Waals surface area (Å²) in [4.78, 5) is 0. The molecule has 0 aromatic carbocycles. The summed E-state index contributed by atoms with van der Waals surface area (Å²) in [5, 5.41) is 12.4. The molecule has 3 nitrogen and oxygen atoms in total. The van der Waals surface area contributed by atoms with Crippen LogP contribution in [0.4, 0.5) is 0 Å². The lowest BCUT2D eigenvalue weighted by atomic mass is 9.98. The maximum Gasteiger partial charge on any atom is 0.0479 e. The zero-order valence-corrected chi connectivity index (χ0v) is 11.3. The predicted octanol–water partition coefficient (Wildman–Crippen LogP) is 1.65. The van der Waals surface area contributed by atoms with Gasteiger partial charge in [0.15, 0.2) is 0 Å². The van der Waals surface area contributed by atoms with Gasteiger partial charge in [-0.15, -0.1) is 0 Å². The normalized spacial score (nSPS) is 21.9. The van der Waals surface area contributed by atoms with Crippen LogP contribution in [0.3, 0.4) is 0 Å². The zero-order valence-electron chi connectivity index (χ0n) is 10.5. The molecule has 0 aliphatic carbocycles. The van der Waals surface area contributed by atoms with Crippen molar-refractivity contribution in [2.75, 3.05) is 32.6 Å². The van der Waals surface area contributed by atoms with E-state index >= 15 is 0 Å². The summed E-state index contributed by atoms with van der Waals surface area (Å²) in [7, 11) is 0. The van der Waals surface area contributed by atoms with Crippen LogP contribution in [0.1, 0.15) is 32.6 Å². The molecule has 0 amide bonds. The van der Waals surface area contributed by atoms with Crippen LogP contribution in [0.2, 0.25) is 0 Å². The molecule has 1 rings (SSSR count). The number of ether oxygens (including phenoxy) is 1. The van der Waals surface area contributed by atoms with Gasteiger partial charge in [0.05, 0.1) is 0 Å². The maximum absolute atomic E-state index is 8.78. The lowest BCUT2D eigenvalue weighted by Crippen LogP contribution is -2.44. The summed E-state index contributed by atoms with van der Waals surface area (Å²) >= 11 is 1.97. The van der Waals surface area contributed by atoms with Crippen molar-refractivity contribution >= 4 is 11.8 Å². The third-order valence-electron chi connectivity index (χ3n) is 3.40. The van der Waals surface area contributed by atoms with E-state index in [1.807, 2.05) is 11.8 Å². The van der Waals surface area contributed by atoms with Gasteiger partial charge in [0.25, 0.3) is 0 Å². The molecule has 1 fully saturated rings. The molecule has 1 saturated heterocycles. The topological polar surface area (TPSA) is 41.5 Å². The fourth-order valence-electron chi connectivity index (χ4n) is 2.06. The van der Waals surface area contributed by atoms with Gasteiger partial charge in [0, 0.05) is 37.2 Å². The first-order valence-electron chi connectivity index (χ1n) is 6.19. The standard InChI is InChI=1S/C12H25NO2S/c1-11(4-3-7-14)13-10-12(16-2)5-8-15-9-6-12/h11,13-14H,3-10H2,1-2H3. The highest BCUT2D eigenvalue weighted by atomic mass is 32.2. The van der Waals surface area contributed by atoms with Gasteiger partial charge in [0.2, 0.25) is 0 Å². The highest BCUT2D eigenvalue weighted by Gasteiger charge is 2.31. The van der Waals surface area contributed by atoms with Crippen molar-refractivity contribution < 1.29 is 9.84 Å². The predicted molar refractivity (Wildman–Crippen MR) is 70.1 cm³/mol. The smallest absolute Gasteiger partial charge is 0.0479 e. The van der Waals surface area contributed by atoms with E-state index in [-0.39, 0.29) is 0 Å². The van der Waals surface area contributed by atoms with Gasteiger partial charge in [-0.2, -0.15) is 11.8 Å².